The Labute approximate surface area is 280 Å². The van der Waals surface area contributed by atoms with Crippen molar-refractivity contribution in [1.82, 2.24) is 10.6 Å². The molecule has 0 saturated heterocycles. The standard InChI is InChI=1S/2C15H31NO2.2Na/c2*1-2-3-4-5-6-7-8-9-10-11-13-16-14-12-15(17)18;;/h2*16H,2-14H2,1H3,(H,17,18);;/q;;2*+1/p-2. The Morgan fingerprint density at radius 1 is 0.421 bits per heavy atom. The first-order chi connectivity index (χ1) is 17.5. The van der Waals surface area contributed by atoms with E-state index in [-0.39, 0.29) is 72.0 Å². The van der Waals surface area contributed by atoms with Gasteiger partial charge in [0.1, 0.15) is 0 Å². The zero-order valence-electron chi connectivity index (χ0n) is 26.0. The van der Waals surface area contributed by atoms with Crippen LogP contribution >= 0.6 is 0 Å². The summed E-state index contributed by atoms with van der Waals surface area (Å²) < 4.78 is 0. The smallest absolute Gasteiger partial charge is 0.550 e. The molecule has 0 amide bonds. The van der Waals surface area contributed by atoms with E-state index >= 15 is 0 Å². The molecule has 0 aliphatic rings. The molecule has 0 aromatic rings. The number of carbonyl (C=O) groups is 2. The van der Waals surface area contributed by atoms with Crippen LogP contribution in [0, 0.1) is 0 Å². The maximum atomic E-state index is 10.1. The Kier molecular flexibility index (Phi) is 51.1. The molecular formula is C30H60N2Na2O4. The van der Waals surface area contributed by atoms with Gasteiger partial charge in [-0.05, 0) is 38.8 Å². The van der Waals surface area contributed by atoms with Crippen LogP contribution in [0.4, 0.5) is 0 Å². The fourth-order valence-corrected chi connectivity index (χ4v) is 4.11. The first kappa shape index (κ1) is 45.8. The second-order valence-corrected chi connectivity index (χ2v) is 10.1. The van der Waals surface area contributed by atoms with Crippen LogP contribution in [0.15, 0.2) is 0 Å². The number of rotatable bonds is 28. The Bertz CT molecular complexity index is 418. The van der Waals surface area contributed by atoms with Gasteiger partial charge < -0.3 is 30.4 Å². The van der Waals surface area contributed by atoms with Crippen LogP contribution in [0.25, 0.3) is 0 Å². The second kappa shape index (κ2) is 42.3. The van der Waals surface area contributed by atoms with Gasteiger partial charge in [-0.3, -0.25) is 0 Å². The zero-order chi connectivity index (χ0) is 27.0. The number of hydrogen-bond donors (Lipinski definition) is 2. The third-order valence-corrected chi connectivity index (χ3v) is 6.43. The molecule has 0 radical (unpaired) electrons. The molecule has 0 saturated carbocycles. The van der Waals surface area contributed by atoms with Crippen molar-refractivity contribution in [3.05, 3.63) is 0 Å². The van der Waals surface area contributed by atoms with Gasteiger partial charge in [-0.15, -0.1) is 0 Å². The molecule has 0 aromatic carbocycles. The maximum Gasteiger partial charge on any atom is 1.00 e. The van der Waals surface area contributed by atoms with E-state index in [9.17, 15) is 19.8 Å². The molecule has 8 heteroatoms. The Morgan fingerprint density at radius 3 is 0.895 bits per heavy atom. The summed E-state index contributed by atoms with van der Waals surface area (Å²) in [6.45, 7) is 7.45. The summed E-state index contributed by atoms with van der Waals surface area (Å²) in [4.78, 5) is 20.3. The van der Waals surface area contributed by atoms with Crippen LogP contribution in [0.3, 0.4) is 0 Å². The summed E-state index contributed by atoms with van der Waals surface area (Å²) in [7, 11) is 0. The van der Waals surface area contributed by atoms with Crippen molar-refractivity contribution in [2.45, 2.75) is 155 Å². The van der Waals surface area contributed by atoms with Crippen molar-refractivity contribution < 1.29 is 78.9 Å². The molecule has 2 N–H and O–H groups in total. The SMILES string of the molecule is CCCCCCCCCCCCNCCC(=O)[O-].CCCCCCCCCCCCNCCC(=O)[O-].[Na+].[Na+]. The number of nitrogens with one attached hydrogen (secondary N) is 2. The minimum atomic E-state index is -0.967. The summed E-state index contributed by atoms with van der Waals surface area (Å²) in [5, 5.41) is 26.5. The number of carbonyl (C=O) groups excluding carboxylic acids is 2. The molecule has 0 spiro atoms. The van der Waals surface area contributed by atoms with Gasteiger partial charge in [0.15, 0.2) is 0 Å². The fraction of sp³-hybridized carbons (Fsp3) is 0.933. The average molecular weight is 559 g/mol. The molecule has 38 heavy (non-hydrogen) atoms. The summed E-state index contributed by atoms with van der Waals surface area (Å²) >= 11 is 0. The molecule has 0 atom stereocenters. The van der Waals surface area contributed by atoms with E-state index < -0.39 is 11.9 Å². The first-order valence-corrected chi connectivity index (χ1v) is 15.4. The molecule has 0 aliphatic carbocycles. The molecule has 0 rings (SSSR count). The van der Waals surface area contributed by atoms with E-state index in [0.717, 1.165) is 25.9 Å². The van der Waals surface area contributed by atoms with Crippen molar-refractivity contribution in [2.24, 2.45) is 0 Å². The van der Waals surface area contributed by atoms with Crippen LogP contribution in [0.1, 0.15) is 155 Å². The van der Waals surface area contributed by atoms with Gasteiger partial charge in [-0.25, -0.2) is 0 Å². The van der Waals surface area contributed by atoms with Crippen molar-refractivity contribution >= 4 is 11.9 Å². The topological polar surface area (TPSA) is 104 Å². The van der Waals surface area contributed by atoms with Gasteiger partial charge >= 0.3 is 59.1 Å². The second-order valence-electron chi connectivity index (χ2n) is 10.1. The van der Waals surface area contributed by atoms with E-state index in [2.05, 4.69) is 24.5 Å². The summed E-state index contributed by atoms with van der Waals surface area (Å²) in [5.74, 6) is -1.93. The fourth-order valence-electron chi connectivity index (χ4n) is 4.11. The summed E-state index contributed by atoms with van der Waals surface area (Å²) in [6.07, 6.45) is 27.0. The van der Waals surface area contributed by atoms with Crippen molar-refractivity contribution in [1.29, 1.82) is 0 Å². The molecule has 216 valence electrons. The van der Waals surface area contributed by atoms with Crippen molar-refractivity contribution in [2.75, 3.05) is 26.2 Å². The van der Waals surface area contributed by atoms with Crippen LogP contribution in [-0.2, 0) is 9.59 Å². The summed E-state index contributed by atoms with van der Waals surface area (Å²) in [5.41, 5.74) is 0. The Morgan fingerprint density at radius 2 is 0.658 bits per heavy atom. The third-order valence-electron chi connectivity index (χ3n) is 6.43. The normalized spacial score (nSPS) is 10.2. The molecule has 0 bridgehead atoms. The van der Waals surface area contributed by atoms with Crippen LogP contribution in [-0.4, -0.2) is 38.1 Å². The number of carboxylic acid groups (broad SMARTS) is 2. The van der Waals surface area contributed by atoms with E-state index in [1.54, 1.807) is 0 Å². The van der Waals surface area contributed by atoms with Gasteiger partial charge in [-0.2, -0.15) is 0 Å². The van der Waals surface area contributed by atoms with Gasteiger partial charge in [0.2, 0.25) is 0 Å². The molecule has 0 fully saturated rings. The largest absolute Gasteiger partial charge is 1.00 e. The molecule has 6 nitrogen and oxygen atoms in total. The number of hydrogen-bond acceptors (Lipinski definition) is 6. The first-order valence-electron chi connectivity index (χ1n) is 15.4. The molecule has 0 aliphatic heterocycles. The molecule has 0 aromatic heterocycles. The van der Waals surface area contributed by atoms with Gasteiger partial charge in [0.05, 0.1) is 0 Å². The number of carboxylic acids is 2. The van der Waals surface area contributed by atoms with E-state index in [0.29, 0.717) is 13.1 Å². The maximum absolute atomic E-state index is 10.1. The van der Waals surface area contributed by atoms with Crippen LogP contribution in [0.2, 0.25) is 0 Å². The molecule has 0 heterocycles. The number of aliphatic carboxylic acids is 2. The molecular weight excluding hydrogens is 498 g/mol. The summed E-state index contributed by atoms with van der Waals surface area (Å²) in [6, 6.07) is 0. The Hall–Kier alpha value is 0.860. The number of unbranched alkanes of at least 4 members (excludes halogenated alkanes) is 18. The Balaban J connectivity index is -0.000000289. The minimum absolute atomic E-state index is 0. The predicted octanol–water partition coefficient (Wildman–Crippen LogP) is -0.718. The van der Waals surface area contributed by atoms with Gasteiger partial charge in [-0.1, -0.05) is 129 Å². The monoisotopic (exact) mass is 558 g/mol. The van der Waals surface area contributed by atoms with E-state index in [1.807, 2.05) is 0 Å². The average Bonchev–Trinajstić information content (AvgIpc) is 2.85. The van der Waals surface area contributed by atoms with Crippen molar-refractivity contribution in [3.63, 3.8) is 0 Å². The van der Waals surface area contributed by atoms with Crippen molar-refractivity contribution in [3.8, 4) is 0 Å². The van der Waals surface area contributed by atoms with Crippen LogP contribution < -0.4 is 80.0 Å². The quantitative estimate of drug-likeness (QED) is 0.0971. The van der Waals surface area contributed by atoms with E-state index in [4.69, 9.17) is 0 Å². The molecule has 0 unspecified atom stereocenters. The van der Waals surface area contributed by atoms with Gasteiger partial charge in [0.25, 0.3) is 0 Å². The van der Waals surface area contributed by atoms with Crippen LogP contribution in [0.5, 0.6) is 0 Å². The minimum Gasteiger partial charge on any atom is -0.550 e. The zero-order valence-corrected chi connectivity index (χ0v) is 30.0. The van der Waals surface area contributed by atoms with E-state index in [1.165, 1.54) is 116 Å². The third kappa shape index (κ3) is 49.8. The van der Waals surface area contributed by atoms with Gasteiger partial charge in [0, 0.05) is 25.0 Å². The predicted molar refractivity (Wildman–Crippen MR) is 149 cm³/mol.